The van der Waals surface area contributed by atoms with Gasteiger partial charge >= 0.3 is 0 Å². The van der Waals surface area contributed by atoms with E-state index in [1.165, 1.54) is 6.20 Å². The minimum absolute atomic E-state index is 0.173. The number of fused-ring (bicyclic) bond motifs is 1. The van der Waals surface area contributed by atoms with Gasteiger partial charge in [0.05, 0.1) is 6.10 Å². The molecule has 0 aliphatic carbocycles. The average Bonchev–Trinajstić information content (AvgIpc) is 3.07. The van der Waals surface area contributed by atoms with Crippen LogP contribution in [0.25, 0.3) is 10.9 Å². The van der Waals surface area contributed by atoms with Gasteiger partial charge in [0, 0.05) is 35.9 Å². The molecule has 1 aromatic carbocycles. The van der Waals surface area contributed by atoms with E-state index in [0.29, 0.717) is 24.0 Å². The minimum atomic E-state index is -3.54. The molecule has 1 unspecified atom stereocenters. The van der Waals surface area contributed by atoms with Crippen LogP contribution in [-0.4, -0.2) is 32.7 Å². The third kappa shape index (κ3) is 3.04. The summed E-state index contributed by atoms with van der Waals surface area (Å²) >= 11 is 0. The van der Waals surface area contributed by atoms with E-state index < -0.39 is 10.0 Å². The van der Waals surface area contributed by atoms with Gasteiger partial charge < -0.3 is 15.5 Å². The molecule has 7 heteroatoms. The lowest BCUT2D eigenvalue weighted by molar-refractivity contribution is 0.105. The molecule has 1 saturated heterocycles. The van der Waals surface area contributed by atoms with Crippen LogP contribution in [0.1, 0.15) is 19.3 Å². The highest BCUT2D eigenvalue weighted by atomic mass is 32.2. The van der Waals surface area contributed by atoms with Crippen molar-refractivity contribution in [3.05, 3.63) is 24.4 Å². The van der Waals surface area contributed by atoms with E-state index in [2.05, 4.69) is 9.71 Å². The fourth-order valence-corrected chi connectivity index (χ4v) is 3.85. The highest BCUT2D eigenvalue weighted by Gasteiger charge is 2.20. The Kier molecular flexibility index (Phi) is 3.88. The first-order valence-corrected chi connectivity index (χ1v) is 8.52. The number of aromatic nitrogens is 1. The van der Waals surface area contributed by atoms with Crippen LogP contribution in [0, 0.1) is 0 Å². The van der Waals surface area contributed by atoms with Crippen molar-refractivity contribution in [1.82, 2.24) is 9.71 Å². The standard InChI is InChI=1S/C14H19N3O3S/c15-10-3-4-13-12(8-10)14(9-16-13)21(18,19)17-6-5-11-2-1-7-20-11/h3-4,8-9,11,16-17H,1-2,5-7,15H2. The number of ether oxygens (including phenoxy) is 1. The van der Waals surface area contributed by atoms with E-state index in [-0.39, 0.29) is 11.0 Å². The number of anilines is 1. The van der Waals surface area contributed by atoms with E-state index in [9.17, 15) is 8.42 Å². The Bertz CT molecular complexity index is 733. The summed E-state index contributed by atoms with van der Waals surface area (Å²) in [7, 11) is -3.54. The third-order valence-electron chi connectivity index (χ3n) is 3.74. The molecule has 6 nitrogen and oxygen atoms in total. The van der Waals surface area contributed by atoms with Crippen molar-refractivity contribution in [2.45, 2.75) is 30.3 Å². The maximum absolute atomic E-state index is 12.4. The van der Waals surface area contributed by atoms with Crippen LogP contribution in [0.4, 0.5) is 5.69 Å². The molecule has 0 bridgehead atoms. The highest BCUT2D eigenvalue weighted by molar-refractivity contribution is 7.89. The van der Waals surface area contributed by atoms with Gasteiger partial charge in [-0.05, 0) is 37.5 Å². The summed E-state index contributed by atoms with van der Waals surface area (Å²) in [5.41, 5.74) is 7.03. The predicted octanol–water partition coefficient (Wildman–Crippen LogP) is 1.60. The molecule has 21 heavy (non-hydrogen) atoms. The Morgan fingerprint density at radius 2 is 2.29 bits per heavy atom. The summed E-state index contributed by atoms with van der Waals surface area (Å²) < 4.78 is 32.9. The minimum Gasteiger partial charge on any atom is -0.399 e. The Morgan fingerprint density at radius 3 is 3.05 bits per heavy atom. The number of rotatable bonds is 5. The summed E-state index contributed by atoms with van der Waals surface area (Å²) in [6.45, 7) is 1.15. The van der Waals surface area contributed by atoms with Gasteiger partial charge in [-0.2, -0.15) is 0 Å². The summed E-state index contributed by atoms with van der Waals surface area (Å²) in [5, 5.41) is 0.611. The van der Waals surface area contributed by atoms with Crippen molar-refractivity contribution in [2.75, 3.05) is 18.9 Å². The van der Waals surface area contributed by atoms with Gasteiger partial charge in [-0.15, -0.1) is 0 Å². The number of nitrogens with two attached hydrogens (primary N) is 1. The number of H-pyrrole nitrogens is 1. The molecule has 114 valence electrons. The lowest BCUT2D eigenvalue weighted by atomic mass is 10.2. The van der Waals surface area contributed by atoms with Gasteiger partial charge in [-0.25, -0.2) is 13.1 Å². The smallest absolute Gasteiger partial charge is 0.242 e. The Hall–Kier alpha value is -1.57. The second kappa shape index (κ2) is 5.67. The normalized spacial score (nSPS) is 19.3. The molecule has 1 atom stereocenters. The largest absolute Gasteiger partial charge is 0.399 e. The van der Waals surface area contributed by atoms with Gasteiger partial charge in [-0.1, -0.05) is 0 Å². The van der Waals surface area contributed by atoms with Crippen molar-refractivity contribution in [1.29, 1.82) is 0 Å². The van der Waals surface area contributed by atoms with Crippen LogP contribution in [0.5, 0.6) is 0 Å². The fourth-order valence-electron chi connectivity index (χ4n) is 2.64. The topological polar surface area (TPSA) is 97.2 Å². The Balaban J connectivity index is 1.74. The van der Waals surface area contributed by atoms with Crippen LogP contribution in [0.2, 0.25) is 0 Å². The van der Waals surface area contributed by atoms with Crippen molar-refractivity contribution in [3.63, 3.8) is 0 Å². The number of benzene rings is 1. The van der Waals surface area contributed by atoms with Crippen molar-refractivity contribution in [3.8, 4) is 0 Å². The van der Waals surface area contributed by atoms with Gasteiger partial charge in [0.15, 0.2) is 0 Å². The van der Waals surface area contributed by atoms with E-state index >= 15 is 0 Å². The summed E-state index contributed by atoms with van der Waals surface area (Å²) in [6, 6.07) is 5.18. The molecule has 4 N–H and O–H groups in total. The molecule has 0 amide bonds. The number of aromatic amines is 1. The Morgan fingerprint density at radius 1 is 1.43 bits per heavy atom. The summed E-state index contributed by atoms with van der Waals surface area (Å²) in [4.78, 5) is 3.19. The molecule has 0 spiro atoms. The molecular weight excluding hydrogens is 290 g/mol. The zero-order valence-corrected chi connectivity index (χ0v) is 12.4. The second-order valence-corrected chi connectivity index (χ2v) is 7.01. The van der Waals surface area contributed by atoms with E-state index in [4.69, 9.17) is 10.5 Å². The first-order valence-electron chi connectivity index (χ1n) is 7.04. The zero-order valence-electron chi connectivity index (χ0n) is 11.6. The van der Waals surface area contributed by atoms with Crippen LogP contribution >= 0.6 is 0 Å². The van der Waals surface area contributed by atoms with E-state index in [1.807, 2.05) is 0 Å². The molecule has 1 fully saturated rings. The van der Waals surface area contributed by atoms with Crippen LogP contribution in [0.3, 0.4) is 0 Å². The molecule has 3 rings (SSSR count). The molecule has 2 aromatic rings. The first kappa shape index (κ1) is 14.4. The van der Waals surface area contributed by atoms with E-state index in [1.54, 1.807) is 18.2 Å². The maximum Gasteiger partial charge on any atom is 0.242 e. The quantitative estimate of drug-likeness (QED) is 0.731. The van der Waals surface area contributed by atoms with Crippen LogP contribution in [-0.2, 0) is 14.8 Å². The van der Waals surface area contributed by atoms with E-state index in [0.717, 1.165) is 25.0 Å². The predicted molar refractivity (Wildman–Crippen MR) is 81.5 cm³/mol. The molecule has 0 saturated carbocycles. The SMILES string of the molecule is Nc1ccc2[nH]cc(S(=O)(=O)NCCC3CCCO3)c2c1. The number of nitrogens with one attached hydrogen (secondary N) is 2. The summed E-state index contributed by atoms with van der Waals surface area (Å²) in [5.74, 6) is 0. The van der Waals surface area contributed by atoms with Crippen molar-refractivity contribution >= 4 is 26.6 Å². The number of nitrogen functional groups attached to an aromatic ring is 1. The third-order valence-corrected chi connectivity index (χ3v) is 5.24. The van der Waals surface area contributed by atoms with Gasteiger partial charge in [0.2, 0.25) is 10.0 Å². The lowest BCUT2D eigenvalue weighted by Gasteiger charge is -2.10. The average molecular weight is 309 g/mol. The van der Waals surface area contributed by atoms with Crippen molar-refractivity contribution in [2.24, 2.45) is 0 Å². The van der Waals surface area contributed by atoms with Gasteiger partial charge in [0.1, 0.15) is 4.90 Å². The highest BCUT2D eigenvalue weighted by Crippen LogP contribution is 2.24. The van der Waals surface area contributed by atoms with Gasteiger partial charge in [-0.3, -0.25) is 0 Å². The monoisotopic (exact) mass is 309 g/mol. The first-order chi connectivity index (χ1) is 10.1. The zero-order chi connectivity index (χ0) is 14.9. The molecule has 0 radical (unpaired) electrons. The fraction of sp³-hybridized carbons (Fsp3) is 0.429. The molecule has 1 aliphatic heterocycles. The molecular formula is C14H19N3O3S. The Labute approximate surface area is 123 Å². The number of hydrogen-bond acceptors (Lipinski definition) is 4. The van der Waals surface area contributed by atoms with Gasteiger partial charge in [0.25, 0.3) is 0 Å². The van der Waals surface area contributed by atoms with Crippen LogP contribution < -0.4 is 10.5 Å². The number of hydrogen-bond donors (Lipinski definition) is 3. The van der Waals surface area contributed by atoms with Crippen LogP contribution in [0.15, 0.2) is 29.3 Å². The molecule has 1 aromatic heterocycles. The second-order valence-electron chi connectivity index (χ2n) is 5.28. The molecule has 1 aliphatic rings. The molecule has 2 heterocycles. The lowest BCUT2D eigenvalue weighted by Crippen LogP contribution is -2.27. The maximum atomic E-state index is 12.4. The summed E-state index contributed by atoms with van der Waals surface area (Å²) in [6.07, 6.45) is 4.43. The van der Waals surface area contributed by atoms with Crippen molar-refractivity contribution < 1.29 is 13.2 Å². The number of sulfonamides is 1.